The minimum atomic E-state index is -0.944. The number of esters is 1. The number of ether oxygens (including phenoxy) is 1. The summed E-state index contributed by atoms with van der Waals surface area (Å²) < 4.78 is 5.18. The summed E-state index contributed by atoms with van der Waals surface area (Å²) in [5, 5.41) is 2.80. The van der Waals surface area contributed by atoms with E-state index in [0.29, 0.717) is 11.3 Å². The van der Waals surface area contributed by atoms with Crippen LogP contribution in [-0.2, 0) is 16.0 Å². The first kappa shape index (κ1) is 16.0. The van der Waals surface area contributed by atoms with Crippen LogP contribution in [0.1, 0.15) is 26.3 Å². The van der Waals surface area contributed by atoms with Gasteiger partial charge in [-0.3, -0.25) is 9.59 Å². The van der Waals surface area contributed by atoms with E-state index in [4.69, 9.17) is 22.1 Å². The number of benzene rings is 2. The van der Waals surface area contributed by atoms with Crippen molar-refractivity contribution in [2.24, 2.45) is 5.73 Å². The summed E-state index contributed by atoms with van der Waals surface area (Å²) in [5.41, 5.74) is 6.88. The first-order chi connectivity index (χ1) is 11.5. The number of nitrogens with two attached hydrogens (primary N) is 1. The fraction of sp³-hybridized carbons (Fsp3) is 0.118. The van der Waals surface area contributed by atoms with Crippen LogP contribution in [0.5, 0.6) is 0 Å². The zero-order valence-corrected chi connectivity index (χ0v) is 13.2. The van der Waals surface area contributed by atoms with Gasteiger partial charge in [0.25, 0.3) is 5.91 Å². The van der Waals surface area contributed by atoms with E-state index in [9.17, 15) is 14.4 Å². The molecule has 1 heterocycles. The number of halogens is 1. The van der Waals surface area contributed by atoms with Crippen LogP contribution in [0.25, 0.3) is 0 Å². The number of primary amides is 1. The lowest BCUT2D eigenvalue weighted by Gasteiger charge is -2.23. The Morgan fingerprint density at radius 2 is 1.96 bits per heavy atom. The summed E-state index contributed by atoms with van der Waals surface area (Å²) >= 11 is 5.87. The number of rotatable bonds is 3. The molecule has 0 saturated carbocycles. The third kappa shape index (κ3) is 3.09. The van der Waals surface area contributed by atoms with E-state index < -0.39 is 23.9 Å². The molecule has 2 aromatic carbocycles. The predicted molar refractivity (Wildman–Crippen MR) is 87.9 cm³/mol. The molecule has 3 N–H and O–H groups in total. The molecule has 24 heavy (non-hydrogen) atoms. The third-order valence-electron chi connectivity index (χ3n) is 3.68. The van der Waals surface area contributed by atoms with Crippen molar-refractivity contribution in [1.29, 1.82) is 0 Å². The summed E-state index contributed by atoms with van der Waals surface area (Å²) in [4.78, 5) is 35.6. The number of carbonyl (C=O) groups is 3. The highest BCUT2D eigenvalue weighted by atomic mass is 35.5. The van der Waals surface area contributed by atoms with Crippen LogP contribution in [0, 0.1) is 0 Å². The number of carbonyl (C=O) groups excluding carboxylic acids is 3. The molecule has 0 aromatic heterocycles. The Kier molecular flexibility index (Phi) is 4.22. The normalized spacial score (nSPS) is 16.0. The van der Waals surface area contributed by atoms with Crippen molar-refractivity contribution in [2.45, 2.75) is 12.5 Å². The molecule has 2 amide bonds. The molecule has 122 valence electrons. The fourth-order valence-corrected chi connectivity index (χ4v) is 2.70. The molecule has 1 atom stereocenters. The van der Waals surface area contributed by atoms with Crippen LogP contribution >= 0.6 is 11.6 Å². The van der Waals surface area contributed by atoms with Crippen molar-refractivity contribution in [3.8, 4) is 0 Å². The molecule has 6 nitrogen and oxygen atoms in total. The van der Waals surface area contributed by atoms with Gasteiger partial charge in [-0.2, -0.15) is 0 Å². The van der Waals surface area contributed by atoms with Crippen molar-refractivity contribution in [3.63, 3.8) is 0 Å². The molecule has 0 bridgehead atoms. The van der Waals surface area contributed by atoms with Gasteiger partial charge in [0.05, 0.1) is 16.1 Å². The van der Waals surface area contributed by atoms with Gasteiger partial charge in [0.15, 0.2) is 6.10 Å². The van der Waals surface area contributed by atoms with Gasteiger partial charge in [0.2, 0.25) is 5.91 Å². The largest absolute Gasteiger partial charge is 0.448 e. The molecule has 0 aliphatic carbocycles. The van der Waals surface area contributed by atoms with E-state index in [0.717, 1.165) is 5.56 Å². The second-order valence-electron chi connectivity index (χ2n) is 5.30. The monoisotopic (exact) mass is 344 g/mol. The van der Waals surface area contributed by atoms with Gasteiger partial charge in [-0.25, -0.2) is 4.79 Å². The SMILES string of the molecule is NC(=O)c1cc(NC(=O)C2Cc3ccccc3C(=O)O2)ccc1Cl. The van der Waals surface area contributed by atoms with Gasteiger partial charge in [-0.15, -0.1) is 0 Å². The number of cyclic esters (lactones) is 1. The Morgan fingerprint density at radius 3 is 2.71 bits per heavy atom. The Hall–Kier alpha value is -2.86. The highest BCUT2D eigenvalue weighted by Crippen LogP contribution is 2.23. The Labute approximate surface area is 142 Å². The van der Waals surface area contributed by atoms with Crippen molar-refractivity contribution < 1.29 is 19.1 Å². The number of amides is 2. The summed E-state index contributed by atoms with van der Waals surface area (Å²) in [6, 6.07) is 11.3. The molecule has 0 saturated heterocycles. The van der Waals surface area contributed by atoms with Crippen molar-refractivity contribution in [1.82, 2.24) is 0 Å². The molecule has 3 rings (SSSR count). The number of hydrogen-bond acceptors (Lipinski definition) is 4. The summed E-state index contributed by atoms with van der Waals surface area (Å²) in [6.07, 6.45) is -0.663. The highest BCUT2D eigenvalue weighted by molar-refractivity contribution is 6.34. The van der Waals surface area contributed by atoms with Crippen LogP contribution in [0.4, 0.5) is 5.69 Å². The minimum Gasteiger partial charge on any atom is -0.448 e. The van der Waals surface area contributed by atoms with Crippen LogP contribution in [-0.4, -0.2) is 23.9 Å². The van der Waals surface area contributed by atoms with Gasteiger partial charge in [0, 0.05) is 12.1 Å². The molecule has 0 radical (unpaired) electrons. The molecule has 0 fully saturated rings. The van der Waals surface area contributed by atoms with Gasteiger partial charge < -0.3 is 15.8 Å². The second kappa shape index (κ2) is 6.33. The van der Waals surface area contributed by atoms with E-state index in [1.165, 1.54) is 18.2 Å². The van der Waals surface area contributed by atoms with E-state index in [1.807, 2.05) is 0 Å². The lowest BCUT2D eigenvalue weighted by Crippen LogP contribution is -2.38. The first-order valence-corrected chi connectivity index (χ1v) is 7.52. The zero-order chi connectivity index (χ0) is 17.3. The van der Waals surface area contributed by atoms with Crippen LogP contribution in [0.2, 0.25) is 5.02 Å². The lowest BCUT2D eigenvalue weighted by atomic mass is 9.98. The zero-order valence-electron chi connectivity index (χ0n) is 12.4. The Bertz CT molecular complexity index is 850. The molecular weight excluding hydrogens is 332 g/mol. The molecule has 2 aromatic rings. The highest BCUT2D eigenvalue weighted by Gasteiger charge is 2.31. The number of fused-ring (bicyclic) bond motifs is 1. The van der Waals surface area contributed by atoms with Gasteiger partial charge in [0.1, 0.15) is 0 Å². The second-order valence-corrected chi connectivity index (χ2v) is 5.71. The Balaban J connectivity index is 1.78. The van der Waals surface area contributed by atoms with Crippen LogP contribution < -0.4 is 11.1 Å². The van der Waals surface area contributed by atoms with Gasteiger partial charge in [-0.1, -0.05) is 29.8 Å². The predicted octanol–water partition coefficient (Wildman–Crippen LogP) is 2.16. The van der Waals surface area contributed by atoms with Crippen LogP contribution in [0.3, 0.4) is 0 Å². The molecule has 1 unspecified atom stereocenters. The van der Waals surface area contributed by atoms with E-state index >= 15 is 0 Å². The number of hydrogen-bond donors (Lipinski definition) is 2. The maximum absolute atomic E-state index is 12.4. The van der Waals surface area contributed by atoms with Gasteiger partial charge in [-0.05, 0) is 29.8 Å². The quantitative estimate of drug-likeness (QED) is 0.833. The standard InChI is InChI=1S/C17H13ClN2O4/c18-13-6-5-10(8-12(13)15(19)21)20-16(22)14-7-9-3-1-2-4-11(9)17(23)24-14/h1-6,8,14H,7H2,(H2,19,21)(H,20,22). The van der Waals surface area contributed by atoms with E-state index in [2.05, 4.69) is 5.32 Å². The summed E-state index contributed by atoms with van der Waals surface area (Å²) in [6.45, 7) is 0. The van der Waals surface area contributed by atoms with Crippen molar-refractivity contribution in [3.05, 3.63) is 64.2 Å². The van der Waals surface area contributed by atoms with Crippen molar-refractivity contribution >= 4 is 35.1 Å². The minimum absolute atomic E-state index is 0.0976. The molecule has 0 spiro atoms. The molecule has 1 aliphatic heterocycles. The smallest absolute Gasteiger partial charge is 0.339 e. The number of anilines is 1. The first-order valence-electron chi connectivity index (χ1n) is 7.15. The maximum Gasteiger partial charge on any atom is 0.339 e. The van der Waals surface area contributed by atoms with Gasteiger partial charge >= 0.3 is 5.97 Å². The number of nitrogens with one attached hydrogen (secondary N) is 1. The third-order valence-corrected chi connectivity index (χ3v) is 4.01. The topological polar surface area (TPSA) is 98.5 Å². The van der Waals surface area contributed by atoms with E-state index in [1.54, 1.807) is 24.3 Å². The average molecular weight is 345 g/mol. The molecule has 7 heteroatoms. The Morgan fingerprint density at radius 1 is 1.21 bits per heavy atom. The molecule has 1 aliphatic rings. The fourth-order valence-electron chi connectivity index (χ4n) is 2.49. The maximum atomic E-state index is 12.4. The van der Waals surface area contributed by atoms with E-state index in [-0.39, 0.29) is 17.0 Å². The summed E-state index contributed by atoms with van der Waals surface area (Å²) in [7, 11) is 0. The van der Waals surface area contributed by atoms with Crippen LogP contribution in [0.15, 0.2) is 42.5 Å². The lowest BCUT2D eigenvalue weighted by molar-refractivity contribution is -0.125. The average Bonchev–Trinajstić information content (AvgIpc) is 2.56. The van der Waals surface area contributed by atoms with Crippen molar-refractivity contribution in [2.75, 3.05) is 5.32 Å². The molecular formula is C17H13ClN2O4. The summed E-state index contributed by atoms with van der Waals surface area (Å²) in [5.74, 6) is -1.73.